The molecule has 2 rings (SSSR count). The van der Waals surface area contributed by atoms with Crippen LogP contribution in [0.25, 0.3) is 6.08 Å². The zero-order chi connectivity index (χ0) is 15.2. The molecule has 2 aromatic rings. The number of aliphatic carboxylic acids is 1. The highest BCUT2D eigenvalue weighted by molar-refractivity contribution is 9.10. The molecule has 0 unspecified atom stereocenters. The third-order valence-corrected chi connectivity index (χ3v) is 3.30. The highest BCUT2D eigenvalue weighted by Gasteiger charge is 2.04. The quantitative estimate of drug-likeness (QED) is 0.805. The number of aliphatic hydroxyl groups is 1. The van der Waals surface area contributed by atoms with E-state index in [1.165, 1.54) is 6.08 Å². The molecule has 5 heteroatoms. The Kier molecular flexibility index (Phi) is 5.14. The van der Waals surface area contributed by atoms with E-state index >= 15 is 0 Å². The van der Waals surface area contributed by atoms with Crippen LogP contribution >= 0.6 is 15.9 Å². The van der Waals surface area contributed by atoms with Crippen molar-refractivity contribution in [3.8, 4) is 11.5 Å². The maximum atomic E-state index is 10.5. The average Bonchev–Trinajstić information content (AvgIpc) is 2.48. The summed E-state index contributed by atoms with van der Waals surface area (Å²) in [6.07, 6.45) is 2.58. The van der Waals surface area contributed by atoms with Crippen LogP contribution in [0.1, 0.15) is 11.1 Å². The highest BCUT2D eigenvalue weighted by atomic mass is 79.9. The lowest BCUT2D eigenvalue weighted by Crippen LogP contribution is -1.89. The van der Waals surface area contributed by atoms with E-state index in [4.69, 9.17) is 14.9 Å². The van der Waals surface area contributed by atoms with Gasteiger partial charge in [-0.1, -0.05) is 18.2 Å². The third-order valence-electron chi connectivity index (χ3n) is 2.68. The second-order valence-corrected chi connectivity index (χ2v) is 5.12. The second-order valence-electron chi connectivity index (χ2n) is 4.27. The predicted molar refractivity (Wildman–Crippen MR) is 83.3 cm³/mol. The van der Waals surface area contributed by atoms with E-state index in [1.54, 1.807) is 36.4 Å². The van der Waals surface area contributed by atoms with Crippen LogP contribution in [0.2, 0.25) is 0 Å². The maximum absolute atomic E-state index is 10.5. The molecular weight excluding hydrogens is 336 g/mol. The van der Waals surface area contributed by atoms with Crippen molar-refractivity contribution < 1.29 is 19.7 Å². The van der Waals surface area contributed by atoms with Crippen LogP contribution in [0, 0.1) is 0 Å². The smallest absolute Gasteiger partial charge is 0.328 e. The molecule has 0 heterocycles. The molecule has 4 nitrogen and oxygen atoms in total. The number of benzene rings is 2. The Balaban J connectivity index is 2.19. The standard InChI is InChI=1S/C16H13BrO4/c17-14-9-11(5-7-16(19)20)4-6-15(14)21-13-3-1-2-12(8-13)10-18/h1-9,18H,10H2,(H,19,20)/b7-5+. The SMILES string of the molecule is O=C(O)/C=C/c1ccc(Oc2cccc(CO)c2)c(Br)c1. The van der Waals surface area contributed by atoms with Crippen molar-refractivity contribution in [3.05, 3.63) is 64.1 Å². The van der Waals surface area contributed by atoms with Crippen molar-refractivity contribution in [2.75, 3.05) is 0 Å². The molecule has 0 aliphatic carbocycles. The number of rotatable bonds is 5. The number of hydrogen-bond donors (Lipinski definition) is 2. The normalized spacial score (nSPS) is 10.8. The summed E-state index contributed by atoms with van der Waals surface area (Å²) >= 11 is 3.39. The second kappa shape index (κ2) is 7.06. The van der Waals surface area contributed by atoms with Crippen molar-refractivity contribution in [1.82, 2.24) is 0 Å². The fourth-order valence-corrected chi connectivity index (χ4v) is 2.18. The summed E-state index contributed by atoms with van der Waals surface area (Å²) in [5, 5.41) is 17.7. The predicted octanol–water partition coefficient (Wildman–Crippen LogP) is 3.83. The number of carbonyl (C=O) groups is 1. The van der Waals surface area contributed by atoms with Gasteiger partial charge < -0.3 is 14.9 Å². The number of carboxylic acid groups (broad SMARTS) is 1. The molecule has 2 N–H and O–H groups in total. The molecule has 21 heavy (non-hydrogen) atoms. The Morgan fingerprint density at radius 2 is 2.05 bits per heavy atom. The molecule has 0 spiro atoms. The molecule has 0 aliphatic rings. The maximum Gasteiger partial charge on any atom is 0.328 e. The number of halogens is 1. The van der Waals surface area contributed by atoms with Gasteiger partial charge in [0.2, 0.25) is 0 Å². The summed E-state index contributed by atoms with van der Waals surface area (Å²) in [6.45, 7) is -0.0444. The summed E-state index contributed by atoms with van der Waals surface area (Å²) in [5.74, 6) is 0.237. The Morgan fingerprint density at radius 3 is 2.71 bits per heavy atom. The molecule has 0 aliphatic heterocycles. The Bertz CT molecular complexity index is 680. The number of ether oxygens (including phenoxy) is 1. The largest absolute Gasteiger partial charge is 0.478 e. The average molecular weight is 349 g/mol. The van der Waals surface area contributed by atoms with Gasteiger partial charge in [-0.3, -0.25) is 0 Å². The van der Waals surface area contributed by atoms with E-state index in [-0.39, 0.29) is 6.61 Å². The van der Waals surface area contributed by atoms with Crippen molar-refractivity contribution in [2.45, 2.75) is 6.61 Å². The summed E-state index contributed by atoms with van der Waals surface area (Å²) in [5.41, 5.74) is 1.52. The van der Waals surface area contributed by atoms with Crippen LogP contribution in [-0.4, -0.2) is 16.2 Å². The van der Waals surface area contributed by atoms with E-state index in [2.05, 4.69) is 15.9 Å². The van der Waals surface area contributed by atoms with E-state index in [9.17, 15) is 4.79 Å². The van der Waals surface area contributed by atoms with Gasteiger partial charge in [-0.25, -0.2) is 4.79 Å². The lowest BCUT2D eigenvalue weighted by Gasteiger charge is -2.09. The van der Waals surface area contributed by atoms with Crippen molar-refractivity contribution in [3.63, 3.8) is 0 Å². The molecule has 0 atom stereocenters. The molecule has 0 saturated carbocycles. The van der Waals surface area contributed by atoms with Crippen molar-refractivity contribution >= 4 is 28.0 Å². The van der Waals surface area contributed by atoms with Crippen LogP contribution in [0.15, 0.2) is 53.0 Å². The molecule has 0 amide bonds. The molecule has 0 bridgehead atoms. The van der Waals surface area contributed by atoms with Gasteiger partial charge in [-0.15, -0.1) is 0 Å². The fraction of sp³-hybridized carbons (Fsp3) is 0.0625. The Morgan fingerprint density at radius 1 is 1.24 bits per heavy atom. The van der Waals surface area contributed by atoms with Gasteiger partial charge in [-0.2, -0.15) is 0 Å². The molecule has 0 radical (unpaired) electrons. The monoisotopic (exact) mass is 348 g/mol. The minimum absolute atomic E-state index is 0.0444. The van der Waals surface area contributed by atoms with Crippen molar-refractivity contribution in [1.29, 1.82) is 0 Å². The Hall–Kier alpha value is -2.11. The fourth-order valence-electron chi connectivity index (χ4n) is 1.71. The summed E-state index contributed by atoms with van der Waals surface area (Å²) in [4.78, 5) is 10.5. The molecule has 2 aromatic carbocycles. The van der Waals surface area contributed by atoms with E-state index in [0.29, 0.717) is 16.0 Å². The van der Waals surface area contributed by atoms with Gasteiger partial charge in [0, 0.05) is 6.08 Å². The van der Waals surface area contributed by atoms with Gasteiger partial charge in [0.15, 0.2) is 0 Å². The topological polar surface area (TPSA) is 66.8 Å². The first kappa shape index (κ1) is 15.3. The van der Waals surface area contributed by atoms with Crippen LogP contribution in [0.4, 0.5) is 0 Å². The van der Waals surface area contributed by atoms with E-state index in [0.717, 1.165) is 17.2 Å². The number of hydrogen-bond acceptors (Lipinski definition) is 3. The highest BCUT2D eigenvalue weighted by Crippen LogP contribution is 2.31. The van der Waals surface area contributed by atoms with Crippen LogP contribution in [0.3, 0.4) is 0 Å². The van der Waals surface area contributed by atoms with Crippen LogP contribution in [-0.2, 0) is 11.4 Å². The van der Waals surface area contributed by atoms with Crippen LogP contribution in [0.5, 0.6) is 11.5 Å². The number of aliphatic hydroxyl groups excluding tert-OH is 1. The zero-order valence-electron chi connectivity index (χ0n) is 11.0. The first-order chi connectivity index (χ1) is 10.1. The van der Waals surface area contributed by atoms with E-state index in [1.807, 2.05) is 6.07 Å². The minimum atomic E-state index is -0.993. The van der Waals surface area contributed by atoms with E-state index < -0.39 is 5.97 Å². The minimum Gasteiger partial charge on any atom is -0.478 e. The number of carboxylic acids is 1. The summed E-state index contributed by atoms with van der Waals surface area (Å²) in [7, 11) is 0. The lowest BCUT2D eigenvalue weighted by atomic mass is 10.2. The summed E-state index contributed by atoms with van der Waals surface area (Å²) < 4.78 is 6.45. The van der Waals surface area contributed by atoms with Gasteiger partial charge in [-0.05, 0) is 57.4 Å². The Labute approximate surface area is 130 Å². The molecule has 0 fully saturated rings. The molecule has 0 saturated heterocycles. The third kappa shape index (κ3) is 4.44. The zero-order valence-corrected chi connectivity index (χ0v) is 12.6. The molecule has 0 aromatic heterocycles. The first-order valence-corrected chi connectivity index (χ1v) is 6.96. The molecule has 108 valence electrons. The van der Waals surface area contributed by atoms with Crippen molar-refractivity contribution in [2.24, 2.45) is 0 Å². The van der Waals surface area contributed by atoms with Gasteiger partial charge in [0.1, 0.15) is 11.5 Å². The van der Waals surface area contributed by atoms with Gasteiger partial charge >= 0.3 is 5.97 Å². The lowest BCUT2D eigenvalue weighted by molar-refractivity contribution is -0.131. The van der Waals surface area contributed by atoms with Gasteiger partial charge in [0.05, 0.1) is 11.1 Å². The first-order valence-electron chi connectivity index (χ1n) is 6.16. The molecular formula is C16H13BrO4. The van der Waals surface area contributed by atoms with Gasteiger partial charge in [0.25, 0.3) is 0 Å². The van der Waals surface area contributed by atoms with Crippen LogP contribution < -0.4 is 4.74 Å². The summed E-state index contributed by atoms with van der Waals surface area (Å²) in [6, 6.07) is 12.4.